The molecule has 1 aliphatic heterocycles. The molecule has 3 rings (SSSR count). The highest BCUT2D eigenvalue weighted by atomic mass is 16.5. The van der Waals surface area contributed by atoms with E-state index in [-0.39, 0.29) is 5.91 Å². The lowest BCUT2D eigenvalue weighted by Crippen LogP contribution is -2.52. The molecule has 1 amide bonds. The van der Waals surface area contributed by atoms with Crippen LogP contribution < -0.4 is 4.74 Å². The molecule has 0 N–H and O–H groups in total. The van der Waals surface area contributed by atoms with E-state index >= 15 is 0 Å². The van der Waals surface area contributed by atoms with Crippen LogP contribution >= 0.6 is 0 Å². The molecule has 0 radical (unpaired) electrons. The Morgan fingerprint density at radius 2 is 1.92 bits per heavy atom. The number of piperazine rings is 1. The van der Waals surface area contributed by atoms with Crippen LogP contribution in [0.3, 0.4) is 0 Å². The van der Waals surface area contributed by atoms with Gasteiger partial charge in [-0.2, -0.15) is 0 Å². The third-order valence-electron chi connectivity index (χ3n) is 4.65. The van der Waals surface area contributed by atoms with Crippen molar-refractivity contribution in [2.75, 3.05) is 26.2 Å². The second-order valence-electron chi connectivity index (χ2n) is 6.46. The zero-order valence-electron chi connectivity index (χ0n) is 15.0. The number of ether oxygens (including phenoxy) is 1. The molecule has 25 heavy (non-hydrogen) atoms. The average Bonchev–Trinajstić information content (AvgIpc) is 3.14. The summed E-state index contributed by atoms with van der Waals surface area (Å²) in [7, 11) is 0. The van der Waals surface area contributed by atoms with Gasteiger partial charge in [0.15, 0.2) is 6.10 Å². The Bertz CT molecular complexity index is 676. The van der Waals surface area contributed by atoms with Crippen LogP contribution in [0.1, 0.15) is 24.7 Å². The number of nitrogens with zero attached hydrogens (tertiary/aromatic N) is 2. The summed E-state index contributed by atoms with van der Waals surface area (Å²) in [5.41, 5.74) is 1.05. The summed E-state index contributed by atoms with van der Waals surface area (Å²) in [5, 5.41) is 0. The number of amides is 1. The van der Waals surface area contributed by atoms with Gasteiger partial charge in [0.1, 0.15) is 11.5 Å². The smallest absolute Gasteiger partial charge is 0.263 e. The van der Waals surface area contributed by atoms with Crippen LogP contribution in [0.25, 0.3) is 0 Å². The van der Waals surface area contributed by atoms with Gasteiger partial charge in [0, 0.05) is 26.2 Å². The Balaban J connectivity index is 1.54. The first-order valence-corrected chi connectivity index (χ1v) is 8.93. The molecule has 0 unspecified atom stereocenters. The second kappa shape index (κ2) is 8.21. The molecule has 134 valence electrons. The van der Waals surface area contributed by atoms with E-state index in [0.717, 1.165) is 49.8 Å². The second-order valence-corrected chi connectivity index (χ2v) is 6.46. The summed E-state index contributed by atoms with van der Waals surface area (Å²) >= 11 is 0. The molecule has 0 bridgehead atoms. The van der Waals surface area contributed by atoms with Gasteiger partial charge in [-0.1, -0.05) is 25.1 Å². The molecule has 1 aliphatic rings. The number of hydrogen-bond acceptors (Lipinski definition) is 4. The Hall–Kier alpha value is -2.27. The van der Waals surface area contributed by atoms with Crippen molar-refractivity contribution in [1.29, 1.82) is 0 Å². The van der Waals surface area contributed by atoms with E-state index in [0.29, 0.717) is 6.42 Å². The van der Waals surface area contributed by atoms with Crippen molar-refractivity contribution in [2.24, 2.45) is 0 Å². The minimum Gasteiger partial charge on any atom is -0.480 e. The quantitative estimate of drug-likeness (QED) is 0.809. The fraction of sp³-hybridized carbons (Fsp3) is 0.450. The molecule has 1 aromatic carbocycles. The molecule has 2 heterocycles. The number of benzene rings is 1. The van der Waals surface area contributed by atoms with Gasteiger partial charge >= 0.3 is 0 Å². The Kier molecular flexibility index (Phi) is 5.76. The number of furan rings is 1. The molecule has 1 fully saturated rings. The maximum atomic E-state index is 12.8. The largest absolute Gasteiger partial charge is 0.480 e. The van der Waals surface area contributed by atoms with Crippen LogP contribution in [0.5, 0.6) is 5.75 Å². The van der Waals surface area contributed by atoms with Crippen molar-refractivity contribution >= 4 is 5.91 Å². The third kappa shape index (κ3) is 4.42. The van der Waals surface area contributed by atoms with E-state index in [4.69, 9.17) is 9.15 Å². The van der Waals surface area contributed by atoms with Gasteiger partial charge in [0.2, 0.25) is 0 Å². The zero-order chi connectivity index (χ0) is 17.6. The van der Waals surface area contributed by atoms with Crippen LogP contribution in [0.2, 0.25) is 0 Å². The number of aryl methyl sites for hydroxylation is 1. The topological polar surface area (TPSA) is 45.9 Å². The van der Waals surface area contributed by atoms with Crippen molar-refractivity contribution in [1.82, 2.24) is 9.80 Å². The van der Waals surface area contributed by atoms with Crippen molar-refractivity contribution in [3.63, 3.8) is 0 Å². The van der Waals surface area contributed by atoms with Crippen LogP contribution in [-0.2, 0) is 11.3 Å². The van der Waals surface area contributed by atoms with Gasteiger partial charge < -0.3 is 14.1 Å². The average molecular weight is 342 g/mol. The summed E-state index contributed by atoms with van der Waals surface area (Å²) in [6.45, 7) is 7.96. The van der Waals surface area contributed by atoms with Crippen molar-refractivity contribution in [3.05, 3.63) is 54.0 Å². The first-order valence-electron chi connectivity index (χ1n) is 8.93. The third-order valence-corrected chi connectivity index (χ3v) is 4.65. The lowest BCUT2D eigenvalue weighted by Gasteiger charge is -2.36. The molecular weight excluding hydrogens is 316 g/mol. The molecule has 0 spiro atoms. The molecule has 0 saturated carbocycles. The SMILES string of the molecule is CC[C@@H](Oc1ccccc1C)C(=O)N1CCN(Cc2ccco2)CC1. The van der Waals surface area contributed by atoms with Gasteiger partial charge in [-0.15, -0.1) is 0 Å². The van der Waals surface area contributed by atoms with Gasteiger partial charge in [-0.3, -0.25) is 9.69 Å². The van der Waals surface area contributed by atoms with E-state index in [2.05, 4.69) is 4.90 Å². The standard InChI is InChI=1S/C20H26N2O3/c1-3-18(25-19-9-5-4-7-16(19)2)20(23)22-12-10-21(11-13-22)15-17-8-6-14-24-17/h4-9,14,18H,3,10-13,15H2,1-2H3/t18-/m1/s1. The Morgan fingerprint density at radius 3 is 2.56 bits per heavy atom. The Labute approximate surface area is 149 Å². The molecule has 5 nitrogen and oxygen atoms in total. The molecule has 2 aromatic rings. The first kappa shape index (κ1) is 17.5. The highest BCUT2D eigenvalue weighted by molar-refractivity contribution is 5.81. The van der Waals surface area contributed by atoms with Gasteiger partial charge in [0.25, 0.3) is 5.91 Å². The maximum Gasteiger partial charge on any atom is 0.263 e. The molecule has 1 aromatic heterocycles. The predicted octanol–water partition coefficient (Wildman–Crippen LogP) is 3.09. The Morgan fingerprint density at radius 1 is 1.16 bits per heavy atom. The van der Waals surface area contributed by atoms with Crippen molar-refractivity contribution in [2.45, 2.75) is 32.9 Å². The fourth-order valence-electron chi connectivity index (χ4n) is 3.10. The molecule has 1 saturated heterocycles. The number of carbonyl (C=O) groups excluding carboxylic acids is 1. The summed E-state index contributed by atoms with van der Waals surface area (Å²) in [6.07, 6.45) is 1.95. The maximum absolute atomic E-state index is 12.8. The van der Waals surface area contributed by atoms with Gasteiger partial charge in [-0.25, -0.2) is 0 Å². The molecule has 0 aliphatic carbocycles. The molecular formula is C20H26N2O3. The van der Waals surface area contributed by atoms with E-state index in [1.807, 2.05) is 55.1 Å². The summed E-state index contributed by atoms with van der Waals surface area (Å²) in [4.78, 5) is 17.1. The van der Waals surface area contributed by atoms with E-state index < -0.39 is 6.10 Å². The summed E-state index contributed by atoms with van der Waals surface area (Å²) < 4.78 is 11.4. The normalized spacial score (nSPS) is 16.6. The van der Waals surface area contributed by atoms with Crippen LogP contribution in [-0.4, -0.2) is 48.0 Å². The van der Waals surface area contributed by atoms with E-state index in [9.17, 15) is 4.79 Å². The van der Waals surface area contributed by atoms with Gasteiger partial charge in [-0.05, 0) is 37.1 Å². The van der Waals surface area contributed by atoms with Crippen LogP contribution in [0.15, 0.2) is 47.1 Å². The van der Waals surface area contributed by atoms with Crippen LogP contribution in [0.4, 0.5) is 0 Å². The number of hydrogen-bond donors (Lipinski definition) is 0. The molecule has 1 atom stereocenters. The van der Waals surface area contributed by atoms with Crippen molar-refractivity contribution in [3.8, 4) is 5.75 Å². The minimum absolute atomic E-state index is 0.0865. The highest BCUT2D eigenvalue weighted by Crippen LogP contribution is 2.20. The lowest BCUT2D eigenvalue weighted by molar-refractivity contribution is -0.140. The highest BCUT2D eigenvalue weighted by Gasteiger charge is 2.28. The number of para-hydroxylation sites is 1. The lowest BCUT2D eigenvalue weighted by atomic mass is 10.2. The minimum atomic E-state index is -0.419. The fourth-order valence-corrected chi connectivity index (χ4v) is 3.10. The van der Waals surface area contributed by atoms with E-state index in [1.165, 1.54) is 0 Å². The molecule has 5 heteroatoms. The first-order chi connectivity index (χ1) is 12.2. The van der Waals surface area contributed by atoms with E-state index in [1.54, 1.807) is 6.26 Å². The van der Waals surface area contributed by atoms with Crippen molar-refractivity contribution < 1.29 is 13.9 Å². The number of carbonyl (C=O) groups is 1. The monoisotopic (exact) mass is 342 g/mol. The summed E-state index contributed by atoms with van der Waals surface area (Å²) in [5.74, 6) is 1.84. The predicted molar refractivity (Wildman–Crippen MR) is 96.5 cm³/mol. The van der Waals surface area contributed by atoms with Gasteiger partial charge in [0.05, 0.1) is 12.8 Å². The number of rotatable bonds is 6. The van der Waals surface area contributed by atoms with Crippen LogP contribution in [0, 0.1) is 6.92 Å². The summed E-state index contributed by atoms with van der Waals surface area (Å²) in [6, 6.07) is 11.7. The zero-order valence-corrected chi connectivity index (χ0v) is 15.0.